The number of rotatable bonds is 3. The van der Waals surface area contributed by atoms with Gasteiger partial charge in [-0.2, -0.15) is 0 Å². The van der Waals surface area contributed by atoms with Crippen molar-refractivity contribution in [3.63, 3.8) is 0 Å². The maximum Gasteiger partial charge on any atom is 0.184 e. The number of hydrogen-bond donors (Lipinski definition) is 1. The van der Waals surface area contributed by atoms with Crippen molar-refractivity contribution in [2.45, 2.75) is 13.0 Å². The highest BCUT2D eigenvalue weighted by atomic mass is 32.2. The average molecular weight is 311 g/mol. The quantitative estimate of drug-likeness (QED) is 0.828. The maximum atomic E-state index is 13.1. The average Bonchev–Trinajstić information content (AvgIpc) is 2.97. The summed E-state index contributed by atoms with van der Waals surface area (Å²) in [4.78, 5) is 0. The predicted molar refractivity (Wildman–Crippen MR) is 74.4 cm³/mol. The number of aromatic nitrogens is 4. The minimum atomic E-state index is -2.95. The molecule has 2 N–H and O–H groups in total. The van der Waals surface area contributed by atoms with Gasteiger partial charge < -0.3 is 5.73 Å². The van der Waals surface area contributed by atoms with Gasteiger partial charge in [-0.25, -0.2) is 17.5 Å². The zero-order valence-corrected chi connectivity index (χ0v) is 11.9. The van der Waals surface area contributed by atoms with E-state index in [1.54, 1.807) is 0 Å². The SMILES string of the molecule is Nc1cc(F)ccc1-c1nnnn1CC1CCS(=O)(=O)C1. The first kappa shape index (κ1) is 13.9. The molecule has 9 heteroatoms. The lowest BCUT2D eigenvalue weighted by molar-refractivity contribution is 0.452. The first-order chi connectivity index (χ1) is 9.94. The van der Waals surface area contributed by atoms with Gasteiger partial charge in [0.25, 0.3) is 0 Å². The molecule has 0 aliphatic carbocycles. The van der Waals surface area contributed by atoms with Crippen LogP contribution in [0, 0.1) is 11.7 Å². The molecule has 0 bridgehead atoms. The highest BCUT2D eigenvalue weighted by Gasteiger charge is 2.29. The van der Waals surface area contributed by atoms with Crippen LogP contribution in [0.1, 0.15) is 6.42 Å². The smallest absolute Gasteiger partial charge is 0.184 e. The number of nitrogens with two attached hydrogens (primary N) is 1. The Balaban J connectivity index is 1.87. The molecule has 1 unspecified atom stereocenters. The molecule has 0 spiro atoms. The molecule has 0 radical (unpaired) electrons. The lowest BCUT2D eigenvalue weighted by atomic mass is 10.1. The Kier molecular flexibility index (Phi) is 3.36. The molecule has 3 rings (SSSR count). The first-order valence-electron chi connectivity index (χ1n) is 6.46. The summed E-state index contributed by atoms with van der Waals surface area (Å²) in [6.07, 6.45) is 0.598. The summed E-state index contributed by atoms with van der Waals surface area (Å²) in [6.45, 7) is 0.401. The van der Waals surface area contributed by atoms with Gasteiger partial charge in [-0.05, 0) is 41.0 Å². The molecule has 21 heavy (non-hydrogen) atoms. The van der Waals surface area contributed by atoms with Crippen LogP contribution in [0.25, 0.3) is 11.4 Å². The second kappa shape index (κ2) is 5.06. The zero-order valence-electron chi connectivity index (χ0n) is 11.1. The Hall–Kier alpha value is -2.03. The van der Waals surface area contributed by atoms with Crippen LogP contribution < -0.4 is 5.73 Å². The molecule has 1 fully saturated rings. The Morgan fingerprint density at radius 1 is 1.43 bits per heavy atom. The Morgan fingerprint density at radius 2 is 2.24 bits per heavy atom. The van der Waals surface area contributed by atoms with E-state index < -0.39 is 15.7 Å². The Bertz CT molecular complexity index is 774. The molecular formula is C12H14FN5O2S. The number of anilines is 1. The van der Waals surface area contributed by atoms with Gasteiger partial charge in [0, 0.05) is 17.8 Å². The van der Waals surface area contributed by atoms with Gasteiger partial charge in [-0.15, -0.1) is 5.10 Å². The van der Waals surface area contributed by atoms with Crippen molar-refractivity contribution in [1.82, 2.24) is 20.2 Å². The highest BCUT2D eigenvalue weighted by Crippen LogP contribution is 2.26. The van der Waals surface area contributed by atoms with Gasteiger partial charge in [0.05, 0.1) is 11.5 Å². The second-order valence-corrected chi connectivity index (χ2v) is 7.41. The van der Waals surface area contributed by atoms with Crippen LogP contribution in [-0.4, -0.2) is 40.1 Å². The molecule has 1 aliphatic heterocycles. The monoisotopic (exact) mass is 311 g/mol. The van der Waals surface area contributed by atoms with Crippen molar-refractivity contribution in [2.24, 2.45) is 5.92 Å². The van der Waals surface area contributed by atoms with Gasteiger partial charge >= 0.3 is 0 Å². The van der Waals surface area contributed by atoms with E-state index in [1.807, 2.05) is 0 Å². The van der Waals surface area contributed by atoms with Crippen LogP contribution in [0.4, 0.5) is 10.1 Å². The fourth-order valence-corrected chi connectivity index (χ4v) is 4.37. The topological polar surface area (TPSA) is 104 Å². The number of nitrogen functional groups attached to an aromatic ring is 1. The van der Waals surface area contributed by atoms with E-state index in [2.05, 4.69) is 15.5 Å². The van der Waals surface area contributed by atoms with E-state index in [-0.39, 0.29) is 23.1 Å². The number of tetrazole rings is 1. The van der Waals surface area contributed by atoms with Crippen LogP contribution in [0.2, 0.25) is 0 Å². The van der Waals surface area contributed by atoms with Gasteiger partial charge in [-0.3, -0.25) is 0 Å². The zero-order chi connectivity index (χ0) is 15.0. The van der Waals surface area contributed by atoms with Crippen LogP contribution in [0.15, 0.2) is 18.2 Å². The molecular weight excluding hydrogens is 297 g/mol. The molecule has 2 heterocycles. The first-order valence-corrected chi connectivity index (χ1v) is 8.29. The van der Waals surface area contributed by atoms with Gasteiger partial charge in [0.1, 0.15) is 5.82 Å². The third-order valence-corrected chi connectivity index (χ3v) is 5.38. The minimum absolute atomic E-state index is 0.0149. The lowest BCUT2D eigenvalue weighted by Crippen LogP contribution is -2.15. The Labute approximate surface area is 120 Å². The predicted octanol–water partition coefficient (Wildman–Crippen LogP) is 0.496. The van der Waals surface area contributed by atoms with Crippen LogP contribution in [-0.2, 0) is 16.4 Å². The molecule has 1 aromatic carbocycles. The van der Waals surface area contributed by atoms with E-state index in [4.69, 9.17) is 5.73 Å². The number of sulfone groups is 1. The third kappa shape index (κ3) is 2.87. The maximum absolute atomic E-state index is 13.1. The number of halogens is 1. The van der Waals surface area contributed by atoms with E-state index in [0.29, 0.717) is 24.4 Å². The number of benzene rings is 1. The van der Waals surface area contributed by atoms with Gasteiger partial charge in [0.2, 0.25) is 0 Å². The van der Waals surface area contributed by atoms with Crippen LogP contribution in [0.3, 0.4) is 0 Å². The van der Waals surface area contributed by atoms with Crippen molar-refractivity contribution in [2.75, 3.05) is 17.2 Å². The standard InChI is InChI=1S/C12H14FN5O2S/c13-9-1-2-10(11(14)5-9)12-15-16-17-18(12)6-8-3-4-21(19,20)7-8/h1-2,5,8H,3-4,6-7,14H2. The molecule has 1 aromatic heterocycles. The minimum Gasteiger partial charge on any atom is -0.398 e. The fraction of sp³-hybridized carbons (Fsp3) is 0.417. The summed E-state index contributed by atoms with van der Waals surface area (Å²) >= 11 is 0. The van der Waals surface area contributed by atoms with Crippen LogP contribution >= 0.6 is 0 Å². The molecule has 1 aliphatic rings. The van der Waals surface area contributed by atoms with Gasteiger partial charge in [0.15, 0.2) is 15.7 Å². The molecule has 112 valence electrons. The largest absolute Gasteiger partial charge is 0.398 e. The highest BCUT2D eigenvalue weighted by molar-refractivity contribution is 7.91. The Morgan fingerprint density at radius 3 is 2.90 bits per heavy atom. The summed E-state index contributed by atoms with van der Waals surface area (Å²) < 4.78 is 37.6. The molecule has 7 nitrogen and oxygen atoms in total. The number of nitrogens with zero attached hydrogens (tertiary/aromatic N) is 4. The summed E-state index contributed by atoms with van der Waals surface area (Å²) in [5.74, 6) is 0.312. The van der Waals surface area contributed by atoms with Crippen molar-refractivity contribution in [3.8, 4) is 11.4 Å². The summed E-state index contributed by atoms with van der Waals surface area (Å²) in [6, 6.07) is 4.00. The second-order valence-electron chi connectivity index (χ2n) is 5.19. The van der Waals surface area contributed by atoms with Crippen LogP contribution in [0.5, 0.6) is 0 Å². The fourth-order valence-electron chi connectivity index (χ4n) is 2.52. The van der Waals surface area contributed by atoms with E-state index in [0.717, 1.165) is 0 Å². The molecule has 2 aromatic rings. The molecule has 1 saturated heterocycles. The third-order valence-electron chi connectivity index (χ3n) is 3.54. The number of hydrogen-bond acceptors (Lipinski definition) is 6. The van der Waals surface area contributed by atoms with E-state index in [9.17, 15) is 12.8 Å². The molecule has 0 saturated carbocycles. The van der Waals surface area contributed by atoms with Crippen molar-refractivity contribution < 1.29 is 12.8 Å². The van der Waals surface area contributed by atoms with Crippen molar-refractivity contribution in [1.29, 1.82) is 0 Å². The normalized spacial score (nSPS) is 20.7. The van der Waals surface area contributed by atoms with Gasteiger partial charge in [-0.1, -0.05) is 0 Å². The van der Waals surface area contributed by atoms with Crippen molar-refractivity contribution in [3.05, 3.63) is 24.0 Å². The van der Waals surface area contributed by atoms with E-state index in [1.165, 1.54) is 22.9 Å². The molecule has 1 atom stereocenters. The summed E-state index contributed by atoms with van der Waals surface area (Å²) in [5.41, 5.74) is 6.56. The van der Waals surface area contributed by atoms with E-state index >= 15 is 0 Å². The summed E-state index contributed by atoms with van der Waals surface area (Å²) in [7, 11) is -2.95. The lowest BCUT2D eigenvalue weighted by Gasteiger charge is -2.10. The van der Waals surface area contributed by atoms with Crippen molar-refractivity contribution >= 4 is 15.5 Å². The summed E-state index contributed by atoms with van der Waals surface area (Å²) in [5, 5.41) is 11.4. The molecule has 0 amide bonds.